The van der Waals surface area contributed by atoms with Crippen molar-refractivity contribution in [2.75, 3.05) is 19.0 Å². The topological polar surface area (TPSA) is 46.4 Å². The molecule has 0 spiro atoms. The number of hydrogen-bond acceptors (Lipinski definition) is 3. The highest BCUT2D eigenvalue weighted by Crippen LogP contribution is 2.33. The minimum Gasteiger partial charge on any atom is -0.372 e. The van der Waals surface area contributed by atoms with Crippen molar-refractivity contribution in [3.63, 3.8) is 0 Å². The number of allylic oxidation sites excluding steroid dienone is 1. The van der Waals surface area contributed by atoms with Crippen LogP contribution in [0.15, 0.2) is 24.8 Å². The lowest BCUT2D eigenvalue weighted by molar-refractivity contribution is -0.384. The van der Waals surface area contributed by atoms with E-state index in [2.05, 4.69) is 6.58 Å². The van der Waals surface area contributed by atoms with Crippen molar-refractivity contribution in [2.45, 2.75) is 6.92 Å². The quantitative estimate of drug-likeness (QED) is 0.564. The van der Waals surface area contributed by atoms with E-state index >= 15 is 0 Å². The first kappa shape index (κ1) is 11.2. The second-order valence-corrected chi connectivity index (χ2v) is 3.61. The van der Waals surface area contributed by atoms with Crippen LogP contribution in [0.5, 0.6) is 0 Å². The van der Waals surface area contributed by atoms with Gasteiger partial charge in [-0.05, 0) is 24.6 Å². The average Bonchev–Trinajstić information content (AvgIpc) is 2.16. The minimum atomic E-state index is -0.362. The van der Waals surface area contributed by atoms with Crippen molar-refractivity contribution in [3.8, 4) is 0 Å². The number of rotatable bonds is 3. The van der Waals surface area contributed by atoms with Gasteiger partial charge in [0.1, 0.15) is 5.69 Å². The summed E-state index contributed by atoms with van der Waals surface area (Å²) in [7, 11) is 3.56. The fraction of sp³-hybridized carbons (Fsp3) is 0.273. The summed E-state index contributed by atoms with van der Waals surface area (Å²) in [5.74, 6) is 0. The van der Waals surface area contributed by atoms with Crippen LogP contribution >= 0.6 is 0 Å². The number of nitrogens with zero attached hydrogens (tertiary/aromatic N) is 2. The summed E-state index contributed by atoms with van der Waals surface area (Å²) >= 11 is 0. The Bertz CT molecular complexity index is 411. The zero-order chi connectivity index (χ0) is 11.6. The van der Waals surface area contributed by atoms with Crippen LogP contribution in [0.4, 0.5) is 11.4 Å². The molecule has 0 bridgehead atoms. The fourth-order valence-electron chi connectivity index (χ4n) is 1.43. The van der Waals surface area contributed by atoms with Crippen molar-refractivity contribution in [2.24, 2.45) is 0 Å². The van der Waals surface area contributed by atoms with Crippen molar-refractivity contribution >= 4 is 16.9 Å². The molecule has 0 atom stereocenters. The summed E-state index contributed by atoms with van der Waals surface area (Å²) in [6, 6.07) is 5.24. The van der Waals surface area contributed by atoms with Gasteiger partial charge in [0.25, 0.3) is 5.69 Å². The van der Waals surface area contributed by atoms with E-state index in [9.17, 15) is 10.1 Å². The van der Waals surface area contributed by atoms with Crippen LogP contribution in [0, 0.1) is 10.1 Å². The van der Waals surface area contributed by atoms with Gasteiger partial charge < -0.3 is 4.90 Å². The van der Waals surface area contributed by atoms with E-state index in [0.29, 0.717) is 16.8 Å². The molecule has 4 nitrogen and oxygen atoms in total. The van der Waals surface area contributed by atoms with Gasteiger partial charge in [-0.1, -0.05) is 12.6 Å². The molecule has 0 aliphatic heterocycles. The van der Waals surface area contributed by atoms with Gasteiger partial charge in [0.15, 0.2) is 0 Å². The number of nitro groups is 1. The van der Waals surface area contributed by atoms with Crippen LogP contribution in [0.3, 0.4) is 0 Å². The lowest BCUT2D eigenvalue weighted by atomic mass is 10.1. The Labute approximate surface area is 89.0 Å². The summed E-state index contributed by atoms with van der Waals surface area (Å²) < 4.78 is 0. The molecule has 1 rings (SSSR count). The zero-order valence-electron chi connectivity index (χ0n) is 9.15. The van der Waals surface area contributed by atoms with Crippen molar-refractivity contribution in [3.05, 3.63) is 40.5 Å². The second kappa shape index (κ2) is 4.13. The third kappa shape index (κ3) is 2.15. The number of anilines is 1. The number of nitro benzene ring substituents is 1. The zero-order valence-corrected chi connectivity index (χ0v) is 9.15. The van der Waals surface area contributed by atoms with Crippen molar-refractivity contribution < 1.29 is 4.92 Å². The first-order valence-corrected chi connectivity index (χ1v) is 4.55. The maximum Gasteiger partial charge on any atom is 0.299 e. The van der Waals surface area contributed by atoms with Gasteiger partial charge in [-0.15, -0.1) is 0 Å². The third-order valence-electron chi connectivity index (χ3n) is 2.14. The summed E-state index contributed by atoms with van der Waals surface area (Å²) in [6.07, 6.45) is 0. The molecule has 0 aliphatic rings. The number of benzene rings is 1. The predicted octanol–water partition coefficient (Wildman–Crippen LogP) is 2.69. The molecule has 0 saturated heterocycles. The lowest BCUT2D eigenvalue weighted by Gasteiger charge is -2.14. The molecule has 0 aliphatic carbocycles. The number of para-hydroxylation sites is 1. The Morgan fingerprint density at radius 2 is 2.07 bits per heavy atom. The van der Waals surface area contributed by atoms with Crippen LogP contribution in [0.1, 0.15) is 12.5 Å². The predicted molar refractivity (Wildman–Crippen MR) is 62.1 cm³/mol. The average molecular weight is 206 g/mol. The Morgan fingerprint density at radius 1 is 1.47 bits per heavy atom. The van der Waals surface area contributed by atoms with E-state index in [4.69, 9.17) is 0 Å². The molecule has 1 aromatic rings. The third-order valence-corrected chi connectivity index (χ3v) is 2.14. The minimum absolute atomic E-state index is 0.120. The van der Waals surface area contributed by atoms with Gasteiger partial charge in [-0.25, -0.2) is 0 Å². The van der Waals surface area contributed by atoms with E-state index < -0.39 is 0 Å². The molecular weight excluding hydrogens is 192 g/mol. The Kier molecular flexibility index (Phi) is 3.09. The Hall–Kier alpha value is -1.84. The van der Waals surface area contributed by atoms with Gasteiger partial charge in [-0.3, -0.25) is 10.1 Å². The molecule has 15 heavy (non-hydrogen) atoms. The highest BCUT2D eigenvalue weighted by molar-refractivity contribution is 5.78. The van der Waals surface area contributed by atoms with Gasteiger partial charge in [0.05, 0.1) is 10.5 Å². The standard InChI is InChI=1S/C11H14N2O2/c1-8(2)9-6-5-7-10(12(3)4)11(9)13(14)15/h5-7H,1H2,2-4H3. The van der Waals surface area contributed by atoms with Gasteiger partial charge in [0, 0.05) is 14.1 Å². The molecule has 0 aromatic heterocycles. The van der Waals surface area contributed by atoms with Crippen LogP contribution in [0.25, 0.3) is 5.57 Å². The molecule has 4 heteroatoms. The summed E-state index contributed by atoms with van der Waals surface area (Å²) in [5.41, 5.74) is 2.01. The number of hydrogen-bond donors (Lipinski definition) is 0. The summed E-state index contributed by atoms with van der Waals surface area (Å²) in [5, 5.41) is 11.0. The van der Waals surface area contributed by atoms with Crippen LogP contribution < -0.4 is 4.90 Å². The van der Waals surface area contributed by atoms with Gasteiger partial charge in [-0.2, -0.15) is 0 Å². The second-order valence-electron chi connectivity index (χ2n) is 3.61. The molecule has 1 aromatic carbocycles. The smallest absolute Gasteiger partial charge is 0.299 e. The van der Waals surface area contributed by atoms with Crippen LogP contribution in [-0.4, -0.2) is 19.0 Å². The van der Waals surface area contributed by atoms with E-state index in [1.165, 1.54) is 0 Å². The normalized spacial score (nSPS) is 9.80. The van der Waals surface area contributed by atoms with Crippen molar-refractivity contribution in [1.82, 2.24) is 0 Å². The molecule has 0 unspecified atom stereocenters. The van der Waals surface area contributed by atoms with Gasteiger partial charge >= 0.3 is 0 Å². The summed E-state index contributed by atoms with van der Waals surface area (Å²) in [4.78, 5) is 12.4. The molecule has 0 radical (unpaired) electrons. The first-order chi connectivity index (χ1) is 6.95. The maximum absolute atomic E-state index is 11.0. The van der Waals surface area contributed by atoms with Crippen molar-refractivity contribution in [1.29, 1.82) is 0 Å². The first-order valence-electron chi connectivity index (χ1n) is 4.55. The molecule has 0 heterocycles. The maximum atomic E-state index is 11.0. The SMILES string of the molecule is C=C(C)c1cccc(N(C)C)c1[N+](=O)[O-]. The highest BCUT2D eigenvalue weighted by atomic mass is 16.6. The lowest BCUT2D eigenvalue weighted by Crippen LogP contribution is -2.11. The largest absolute Gasteiger partial charge is 0.372 e. The molecule has 0 fully saturated rings. The van der Waals surface area contributed by atoms with Crippen LogP contribution in [0.2, 0.25) is 0 Å². The summed E-state index contributed by atoms with van der Waals surface area (Å²) in [6.45, 7) is 5.51. The Balaban J connectivity index is 3.48. The van der Waals surface area contributed by atoms with E-state index in [0.717, 1.165) is 0 Å². The van der Waals surface area contributed by atoms with E-state index in [1.807, 2.05) is 0 Å². The van der Waals surface area contributed by atoms with E-state index in [1.54, 1.807) is 44.1 Å². The Morgan fingerprint density at radius 3 is 2.47 bits per heavy atom. The molecule has 0 amide bonds. The van der Waals surface area contributed by atoms with E-state index in [-0.39, 0.29) is 10.6 Å². The molecule has 0 N–H and O–H groups in total. The molecular formula is C11H14N2O2. The fourth-order valence-corrected chi connectivity index (χ4v) is 1.43. The molecule has 0 saturated carbocycles. The monoisotopic (exact) mass is 206 g/mol. The van der Waals surface area contributed by atoms with Crippen LogP contribution in [-0.2, 0) is 0 Å². The molecule has 80 valence electrons. The highest BCUT2D eigenvalue weighted by Gasteiger charge is 2.20. The van der Waals surface area contributed by atoms with Gasteiger partial charge in [0.2, 0.25) is 0 Å².